The Hall–Kier alpha value is -1.03. The number of allylic oxidation sites excluding steroid dienone is 1. The van der Waals surface area contributed by atoms with E-state index in [-0.39, 0.29) is 10.6 Å². The van der Waals surface area contributed by atoms with Crippen LogP contribution in [0, 0.1) is 0 Å². The molecular formula is C10H7ClF3N. The first-order chi connectivity index (χ1) is 7.00. The van der Waals surface area contributed by atoms with Crippen LogP contribution < -0.4 is 0 Å². The summed E-state index contributed by atoms with van der Waals surface area (Å²) in [4.78, 5) is 3.34. The summed E-state index contributed by atoms with van der Waals surface area (Å²) in [5.41, 5.74) is -0.0521. The van der Waals surface area contributed by atoms with Gasteiger partial charge in [0.2, 0.25) is 0 Å². The zero-order chi connectivity index (χ0) is 11.1. The molecule has 0 spiro atoms. The van der Waals surface area contributed by atoms with Gasteiger partial charge < -0.3 is 0 Å². The van der Waals surface area contributed by atoms with Crippen molar-refractivity contribution in [3.05, 3.63) is 35.2 Å². The number of alkyl halides is 3. The molecule has 80 valence electrons. The first kappa shape index (κ1) is 10.5. The fraction of sp³-hybridized carbons (Fsp3) is 0.300. The topological polar surface area (TPSA) is 12.9 Å². The van der Waals surface area contributed by atoms with Crippen molar-refractivity contribution >= 4 is 16.6 Å². The molecule has 0 bridgehead atoms. The van der Waals surface area contributed by atoms with E-state index in [9.17, 15) is 13.2 Å². The molecule has 5 heteroatoms. The van der Waals surface area contributed by atoms with Gasteiger partial charge in [-0.05, 0) is 25.0 Å². The molecule has 1 aromatic heterocycles. The molecule has 2 rings (SSSR count). The number of aromatic nitrogens is 1. The van der Waals surface area contributed by atoms with Gasteiger partial charge in [0.05, 0.1) is 0 Å². The lowest BCUT2D eigenvalue weighted by molar-refractivity contribution is -0.141. The van der Waals surface area contributed by atoms with Crippen LogP contribution in [-0.2, 0) is 6.18 Å². The average Bonchev–Trinajstić information content (AvgIpc) is 2.98. The number of pyridine rings is 1. The van der Waals surface area contributed by atoms with Gasteiger partial charge in [-0.2, -0.15) is 13.2 Å². The molecule has 0 amide bonds. The maximum Gasteiger partial charge on any atom is 0.433 e. The summed E-state index contributed by atoms with van der Waals surface area (Å²) >= 11 is 5.85. The predicted molar refractivity (Wildman–Crippen MR) is 51.2 cm³/mol. The molecule has 15 heavy (non-hydrogen) atoms. The lowest BCUT2D eigenvalue weighted by Crippen LogP contribution is -2.10. The van der Waals surface area contributed by atoms with Crippen LogP contribution >= 0.6 is 11.6 Å². The second-order valence-electron chi connectivity index (χ2n) is 3.31. The summed E-state index contributed by atoms with van der Waals surface area (Å²) in [5, 5.41) is 0.204. The van der Waals surface area contributed by atoms with Crippen molar-refractivity contribution in [1.82, 2.24) is 4.98 Å². The standard InChI is InChI=1S/C10H7ClF3N/c11-8(6-3-4-6)7-2-1-5-15-9(7)10(12,13)14/h1-2,5H,3-4H2. The van der Waals surface area contributed by atoms with Gasteiger partial charge in [-0.25, -0.2) is 0 Å². The van der Waals surface area contributed by atoms with Crippen LogP contribution in [0.4, 0.5) is 13.2 Å². The van der Waals surface area contributed by atoms with Gasteiger partial charge >= 0.3 is 6.18 Å². The SMILES string of the molecule is FC(F)(F)c1ncccc1C(Cl)=C1CC1. The Morgan fingerprint density at radius 3 is 2.53 bits per heavy atom. The Kier molecular flexibility index (Phi) is 2.46. The zero-order valence-electron chi connectivity index (χ0n) is 7.61. The largest absolute Gasteiger partial charge is 0.433 e. The molecule has 0 N–H and O–H groups in total. The third-order valence-corrected chi connectivity index (χ3v) is 2.59. The molecule has 0 radical (unpaired) electrons. The molecule has 1 aromatic rings. The minimum absolute atomic E-state index is 0.0147. The Morgan fingerprint density at radius 1 is 1.33 bits per heavy atom. The quantitative estimate of drug-likeness (QED) is 0.718. The highest BCUT2D eigenvalue weighted by atomic mass is 35.5. The monoisotopic (exact) mass is 233 g/mol. The summed E-state index contributed by atoms with van der Waals surface area (Å²) in [6, 6.07) is 2.80. The van der Waals surface area contributed by atoms with Crippen molar-refractivity contribution < 1.29 is 13.2 Å². The molecule has 0 saturated heterocycles. The van der Waals surface area contributed by atoms with Crippen LogP contribution in [0.15, 0.2) is 23.9 Å². The molecule has 0 atom stereocenters. The number of nitrogens with zero attached hydrogens (tertiary/aromatic N) is 1. The Morgan fingerprint density at radius 2 is 2.00 bits per heavy atom. The molecule has 1 aliphatic carbocycles. The van der Waals surface area contributed by atoms with Crippen LogP contribution in [0.2, 0.25) is 0 Å². The van der Waals surface area contributed by atoms with Crippen LogP contribution in [0.1, 0.15) is 24.1 Å². The van der Waals surface area contributed by atoms with Crippen LogP contribution in [0.5, 0.6) is 0 Å². The van der Waals surface area contributed by atoms with Crippen LogP contribution in [-0.4, -0.2) is 4.98 Å². The maximum absolute atomic E-state index is 12.5. The van der Waals surface area contributed by atoms with Gasteiger partial charge in [0, 0.05) is 16.8 Å². The fourth-order valence-corrected chi connectivity index (χ4v) is 1.62. The highest BCUT2D eigenvalue weighted by molar-refractivity contribution is 6.49. The van der Waals surface area contributed by atoms with Gasteiger partial charge in [-0.3, -0.25) is 4.98 Å². The summed E-state index contributed by atoms with van der Waals surface area (Å²) < 4.78 is 37.6. The van der Waals surface area contributed by atoms with Crippen molar-refractivity contribution in [2.24, 2.45) is 0 Å². The summed E-state index contributed by atoms with van der Waals surface area (Å²) in [6.45, 7) is 0. The van der Waals surface area contributed by atoms with Gasteiger partial charge in [-0.15, -0.1) is 0 Å². The molecule has 0 aliphatic heterocycles. The number of rotatable bonds is 1. The van der Waals surface area contributed by atoms with E-state index in [0.29, 0.717) is 0 Å². The zero-order valence-corrected chi connectivity index (χ0v) is 8.36. The third-order valence-electron chi connectivity index (χ3n) is 2.12. The smallest absolute Gasteiger partial charge is 0.251 e. The van der Waals surface area contributed by atoms with E-state index in [4.69, 9.17) is 11.6 Å². The first-order valence-electron chi connectivity index (χ1n) is 4.40. The molecule has 1 saturated carbocycles. The Labute approximate surface area is 89.6 Å². The normalized spacial score (nSPS) is 15.3. The summed E-state index contributed by atoms with van der Waals surface area (Å²) in [5.74, 6) is 0. The summed E-state index contributed by atoms with van der Waals surface area (Å²) in [6.07, 6.45) is -1.77. The van der Waals surface area contributed by atoms with E-state index < -0.39 is 11.9 Å². The number of hydrogen-bond donors (Lipinski definition) is 0. The molecule has 1 aliphatic rings. The van der Waals surface area contributed by atoms with Crippen molar-refractivity contribution in [3.8, 4) is 0 Å². The minimum atomic E-state index is -4.45. The van der Waals surface area contributed by atoms with Crippen LogP contribution in [0.3, 0.4) is 0 Å². The van der Waals surface area contributed by atoms with Crippen molar-refractivity contribution in [1.29, 1.82) is 0 Å². The predicted octanol–water partition coefficient (Wildman–Crippen LogP) is 3.84. The highest BCUT2D eigenvalue weighted by Crippen LogP contribution is 2.42. The van der Waals surface area contributed by atoms with Crippen molar-refractivity contribution in [2.45, 2.75) is 19.0 Å². The highest BCUT2D eigenvalue weighted by Gasteiger charge is 2.36. The maximum atomic E-state index is 12.5. The van der Waals surface area contributed by atoms with E-state index >= 15 is 0 Å². The van der Waals surface area contributed by atoms with E-state index in [1.54, 1.807) is 0 Å². The number of hydrogen-bond acceptors (Lipinski definition) is 1. The average molecular weight is 234 g/mol. The van der Waals surface area contributed by atoms with E-state index in [0.717, 1.165) is 24.6 Å². The van der Waals surface area contributed by atoms with Gasteiger partial charge in [-0.1, -0.05) is 17.2 Å². The third kappa shape index (κ3) is 2.15. The lowest BCUT2D eigenvalue weighted by atomic mass is 10.1. The van der Waals surface area contributed by atoms with Crippen molar-refractivity contribution in [2.75, 3.05) is 0 Å². The molecular weight excluding hydrogens is 227 g/mol. The van der Waals surface area contributed by atoms with Crippen molar-refractivity contribution in [3.63, 3.8) is 0 Å². The van der Waals surface area contributed by atoms with Gasteiger partial charge in [0.25, 0.3) is 0 Å². The number of halogens is 4. The second-order valence-corrected chi connectivity index (χ2v) is 3.69. The van der Waals surface area contributed by atoms with Gasteiger partial charge in [0.15, 0.2) is 5.69 Å². The molecule has 0 aromatic carbocycles. The molecule has 1 nitrogen and oxygen atoms in total. The lowest BCUT2D eigenvalue weighted by Gasteiger charge is -2.10. The van der Waals surface area contributed by atoms with Gasteiger partial charge in [0.1, 0.15) is 0 Å². The Bertz CT molecular complexity index is 417. The fourth-order valence-electron chi connectivity index (χ4n) is 1.28. The second kappa shape index (κ2) is 3.52. The van der Waals surface area contributed by atoms with E-state index in [2.05, 4.69) is 4.98 Å². The first-order valence-corrected chi connectivity index (χ1v) is 4.78. The Balaban J connectivity index is 2.52. The molecule has 1 fully saturated rings. The van der Waals surface area contributed by atoms with Crippen LogP contribution in [0.25, 0.3) is 5.03 Å². The molecule has 1 heterocycles. The van der Waals surface area contributed by atoms with E-state index in [1.165, 1.54) is 12.1 Å². The minimum Gasteiger partial charge on any atom is -0.251 e. The molecule has 0 unspecified atom stereocenters. The summed E-state index contributed by atoms with van der Waals surface area (Å²) in [7, 11) is 0. The van der Waals surface area contributed by atoms with E-state index in [1.807, 2.05) is 0 Å².